The molecule has 2 aromatic rings. The first-order valence-electron chi connectivity index (χ1n) is 5.59. The lowest BCUT2D eigenvalue weighted by Crippen LogP contribution is -2.08. The average Bonchev–Trinajstić information content (AvgIpc) is 2.47. The van der Waals surface area contributed by atoms with E-state index in [1.165, 1.54) is 6.07 Å². The van der Waals surface area contributed by atoms with E-state index in [0.29, 0.717) is 0 Å². The van der Waals surface area contributed by atoms with Gasteiger partial charge in [-0.15, -0.1) is 0 Å². The predicted molar refractivity (Wildman–Crippen MR) is 70.5 cm³/mol. The Hall–Kier alpha value is -2.81. The zero-order valence-electron chi connectivity index (χ0n) is 10.4. The number of hydrazine groups is 1. The number of nitro groups is 1. The van der Waals surface area contributed by atoms with E-state index in [9.17, 15) is 23.3 Å². The van der Waals surface area contributed by atoms with Crippen LogP contribution in [0, 0.1) is 27.6 Å². The molecule has 0 atom stereocenters. The van der Waals surface area contributed by atoms with Crippen LogP contribution in [0.2, 0.25) is 0 Å². The maximum atomic E-state index is 13.5. The van der Waals surface area contributed by atoms with Gasteiger partial charge in [0.2, 0.25) is 0 Å². The van der Waals surface area contributed by atoms with Gasteiger partial charge < -0.3 is 10.7 Å². The first kappa shape index (κ1) is 14.6. The molecule has 0 aliphatic carbocycles. The van der Waals surface area contributed by atoms with Crippen molar-refractivity contribution in [1.29, 1.82) is 0 Å². The van der Waals surface area contributed by atoms with Gasteiger partial charge in [0.1, 0.15) is 0 Å². The summed E-state index contributed by atoms with van der Waals surface area (Å²) in [4.78, 5) is 10.1. The largest absolute Gasteiger partial charge is 0.353 e. The summed E-state index contributed by atoms with van der Waals surface area (Å²) in [6, 6.07) is 5.31. The average molecular weight is 298 g/mol. The van der Waals surface area contributed by atoms with Crippen LogP contribution in [0.25, 0.3) is 0 Å². The lowest BCUT2D eigenvalue weighted by atomic mass is 10.2. The summed E-state index contributed by atoms with van der Waals surface area (Å²) in [6.45, 7) is 0. The molecule has 0 aromatic heterocycles. The van der Waals surface area contributed by atoms with Crippen molar-refractivity contribution in [3.63, 3.8) is 0 Å². The fourth-order valence-corrected chi connectivity index (χ4v) is 1.65. The van der Waals surface area contributed by atoms with Crippen molar-refractivity contribution in [3.05, 3.63) is 57.9 Å². The third-order valence-corrected chi connectivity index (χ3v) is 2.61. The Bertz CT molecular complexity index is 709. The molecule has 6 nitrogen and oxygen atoms in total. The summed E-state index contributed by atoms with van der Waals surface area (Å²) in [5.74, 6) is 0.775. The van der Waals surface area contributed by atoms with E-state index in [-0.39, 0.29) is 22.7 Å². The summed E-state index contributed by atoms with van der Waals surface area (Å²) in [5, 5.41) is 13.2. The number of benzene rings is 2. The van der Waals surface area contributed by atoms with Crippen LogP contribution in [0.3, 0.4) is 0 Å². The molecular formula is C12H9F3N4O2. The Morgan fingerprint density at radius 2 is 1.71 bits per heavy atom. The van der Waals surface area contributed by atoms with Crippen molar-refractivity contribution in [2.24, 2.45) is 5.84 Å². The van der Waals surface area contributed by atoms with Gasteiger partial charge in [0, 0.05) is 17.8 Å². The second-order valence-corrected chi connectivity index (χ2v) is 4.02. The smallest absolute Gasteiger partial charge is 0.273 e. The van der Waals surface area contributed by atoms with Gasteiger partial charge in [0.05, 0.1) is 16.3 Å². The van der Waals surface area contributed by atoms with Crippen molar-refractivity contribution < 1.29 is 18.1 Å². The van der Waals surface area contributed by atoms with Crippen LogP contribution < -0.4 is 16.6 Å². The number of hydrogen-bond donors (Lipinski definition) is 3. The highest BCUT2D eigenvalue weighted by Crippen LogP contribution is 2.28. The van der Waals surface area contributed by atoms with E-state index in [2.05, 4.69) is 10.7 Å². The van der Waals surface area contributed by atoms with Gasteiger partial charge >= 0.3 is 0 Å². The first-order chi connectivity index (χ1) is 9.92. The third kappa shape index (κ3) is 3.03. The molecule has 0 spiro atoms. The van der Waals surface area contributed by atoms with E-state index in [1.807, 2.05) is 0 Å². The number of nitrogen functional groups attached to an aromatic ring is 1. The Labute approximate surface area is 116 Å². The van der Waals surface area contributed by atoms with Crippen LogP contribution in [0.15, 0.2) is 30.3 Å². The lowest BCUT2D eigenvalue weighted by molar-refractivity contribution is -0.384. The van der Waals surface area contributed by atoms with Crippen LogP contribution in [0.4, 0.5) is 35.9 Å². The Morgan fingerprint density at radius 1 is 1.05 bits per heavy atom. The van der Waals surface area contributed by atoms with E-state index >= 15 is 0 Å². The Kier molecular flexibility index (Phi) is 3.94. The molecule has 0 radical (unpaired) electrons. The summed E-state index contributed by atoms with van der Waals surface area (Å²) in [7, 11) is 0. The molecule has 0 aliphatic heterocycles. The second kappa shape index (κ2) is 5.67. The highest BCUT2D eigenvalue weighted by Gasteiger charge is 2.15. The molecule has 2 rings (SSSR count). The molecule has 0 heterocycles. The molecule has 2 aromatic carbocycles. The summed E-state index contributed by atoms with van der Waals surface area (Å²) in [5.41, 5.74) is 1.81. The van der Waals surface area contributed by atoms with Crippen LogP contribution in [0.5, 0.6) is 0 Å². The second-order valence-electron chi connectivity index (χ2n) is 4.02. The standard InChI is InChI=1S/C12H9F3N4O2/c13-9-1-2-10(12(15)11(9)14)17-6-3-7(18-16)5-8(4-6)19(20)21/h1-5,17-18H,16H2. The van der Waals surface area contributed by atoms with E-state index < -0.39 is 22.4 Å². The van der Waals surface area contributed by atoms with Gasteiger partial charge in [-0.05, 0) is 18.2 Å². The quantitative estimate of drug-likeness (QED) is 0.349. The minimum Gasteiger partial charge on any atom is -0.353 e. The molecular weight excluding hydrogens is 289 g/mol. The van der Waals surface area contributed by atoms with Gasteiger partial charge in [-0.2, -0.15) is 0 Å². The van der Waals surface area contributed by atoms with Crippen molar-refractivity contribution in [1.82, 2.24) is 0 Å². The normalized spacial score (nSPS) is 10.3. The lowest BCUT2D eigenvalue weighted by Gasteiger charge is -2.10. The van der Waals surface area contributed by atoms with E-state index in [0.717, 1.165) is 24.3 Å². The van der Waals surface area contributed by atoms with Crippen molar-refractivity contribution in [2.75, 3.05) is 10.7 Å². The van der Waals surface area contributed by atoms with Crippen LogP contribution in [0.1, 0.15) is 0 Å². The molecule has 0 fully saturated rings. The maximum Gasteiger partial charge on any atom is 0.273 e. The monoisotopic (exact) mass is 298 g/mol. The molecule has 0 unspecified atom stereocenters. The Morgan fingerprint density at radius 3 is 2.33 bits per heavy atom. The molecule has 110 valence electrons. The van der Waals surface area contributed by atoms with Crippen molar-refractivity contribution >= 4 is 22.7 Å². The molecule has 21 heavy (non-hydrogen) atoms. The van der Waals surface area contributed by atoms with E-state index in [1.54, 1.807) is 0 Å². The number of nitrogens with zero attached hydrogens (tertiary/aromatic N) is 1. The molecule has 0 aliphatic rings. The SMILES string of the molecule is NNc1cc(Nc2ccc(F)c(F)c2F)cc([N+](=O)[O-])c1. The van der Waals surface area contributed by atoms with Gasteiger partial charge in [0.15, 0.2) is 17.5 Å². The number of anilines is 3. The summed E-state index contributed by atoms with van der Waals surface area (Å²) >= 11 is 0. The van der Waals surface area contributed by atoms with Gasteiger partial charge in [-0.25, -0.2) is 13.2 Å². The fourth-order valence-electron chi connectivity index (χ4n) is 1.65. The minimum absolute atomic E-state index is 0.0852. The number of hydrogen-bond acceptors (Lipinski definition) is 5. The number of non-ortho nitro benzene ring substituents is 1. The number of nitrogens with two attached hydrogens (primary N) is 1. The van der Waals surface area contributed by atoms with Crippen LogP contribution in [-0.2, 0) is 0 Å². The topological polar surface area (TPSA) is 93.2 Å². The van der Waals surface area contributed by atoms with Gasteiger partial charge in [0.25, 0.3) is 5.69 Å². The predicted octanol–water partition coefficient (Wildman–Crippen LogP) is 3.04. The van der Waals surface area contributed by atoms with Crippen LogP contribution >= 0.6 is 0 Å². The summed E-state index contributed by atoms with van der Waals surface area (Å²) < 4.78 is 39.5. The van der Waals surface area contributed by atoms with Crippen LogP contribution in [-0.4, -0.2) is 4.92 Å². The number of rotatable bonds is 4. The van der Waals surface area contributed by atoms with Gasteiger partial charge in [-0.3, -0.25) is 16.0 Å². The van der Waals surface area contributed by atoms with E-state index in [4.69, 9.17) is 5.84 Å². The Balaban J connectivity index is 2.42. The van der Waals surface area contributed by atoms with Crippen molar-refractivity contribution in [2.45, 2.75) is 0 Å². The molecule has 0 saturated carbocycles. The molecule has 4 N–H and O–H groups in total. The van der Waals surface area contributed by atoms with Gasteiger partial charge in [-0.1, -0.05) is 0 Å². The third-order valence-electron chi connectivity index (χ3n) is 2.61. The number of halogens is 3. The zero-order chi connectivity index (χ0) is 15.6. The van der Waals surface area contributed by atoms with Crippen molar-refractivity contribution in [3.8, 4) is 0 Å². The maximum absolute atomic E-state index is 13.5. The number of nitrogens with one attached hydrogen (secondary N) is 2. The minimum atomic E-state index is -1.64. The highest BCUT2D eigenvalue weighted by molar-refractivity contribution is 5.68. The molecule has 0 amide bonds. The highest BCUT2D eigenvalue weighted by atomic mass is 19.2. The molecule has 0 bridgehead atoms. The fraction of sp³-hybridized carbons (Fsp3) is 0. The first-order valence-corrected chi connectivity index (χ1v) is 5.59. The molecule has 0 saturated heterocycles. The summed E-state index contributed by atoms with van der Waals surface area (Å²) in [6.07, 6.45) is 0. The zero-order valence-corrected chi connectivity index (χ0v) is 10.4. The number of nitro benzene ring substituents is 1. The molecule has 9 heteroatoms.